The van der Waals surface area contributed by atoms with Crippen molar-refractivity contribution in [3.8, 4) is 11.8 Å². The van der Waals surface area contributed by atoms with E-state index in [2.05, 4.69) is 17.2 Å². The molecule has 0 heterocycles. The molecule has 0 aromatic heterocycles. The van der Waals surface area contributed by atoms with Crippen molar-refractivity contribution in [3.05, 3.63) is 35.4 Å². The third kappa shape index (κ3) is 5.25. The van der Waals surface area contributed by atoms with Crippen molar-refractivity contribution in [1.82, 2.24) is 5.32 Å². The van der Waals surface area contributed by atoms with Gasteiger partial charge in [0.1, 0.15) is 6.61 Å². The maximum atomic E-state index is 12.1. The minimum Gasteiger partial charge on any atom is -0.384 e. The van der Waals surface area contributed by atoms with Crippen molar-refractivity contribution >= 4 is 16.7 Å². The standard InChI is InChI=1S/C14H17NO3S/c1-11(10-19(2)18)15-14(17)13-8-4-3-6-12(13)7-5-9-16/h3-4,6,8,11,16H,9-10H2,1-2H3,(H,15,17). The van der Waals surface area contributed by atoms with Crippen LogP contribution in [-0.4, -0.2) is 39.9 Å². The highest BCUT2D eigenvalue weighted by molar-refractivity contribution is 7.84. The van der Waals surface area contributed by atoms with E-state index in [1.807, 2.05) is 0 Å². The van der Waals surface area contributed by atoms with Crippen LogP contribution in [-0.2, 0) is 10.8 Å². The lowest BCUT2D eigenvalue weighted by atomic mass is 10.1. The van der Waals surface area contributed by atoms with E-state index < -0.39 is 10.8 Å². The van der Waals surface area contributed by atoms with E-state index in [9.17, 15) is 9.00 Å². The van der Waals surface area contributed by atoms with Gasteiger partial charge in [0.2, 0.25) is 0 Å². The Kier molecular flexibility index (Phi) is 6.26. The quantitative estimate of drug-likeness (QED) is 0.790. The lowest BCUT2D eigenvalue weighted by molar-refractivity contribution is 0.0943. The van der Waals surface area contributed by atoms with Crippen LogP contribution >= 0.6 is 0 Å². The average molecular weight is 279 g/mol. The van der Waals surface area contributed by atoms with Gasteiger partial charge in [0.05, 0.1) is 5.56 Å². The zero-order valence-electron chi connectivity index (χ0n) is 11.0. The van der Waals surface area contributed by atoms with E-state index in [4.69, 9.17) is 5.11 Å². The Morgan fingerprint density at radius 1 is 1.47 bits per heavy atom. The van der Waals surface area contributed by atoms with Gasteiger partial charge in [0.15, 0.2) is 0 Å². The molecular formula is C14H17NO3S. The number of aliphatic hydroxyl groups excluding tert-OH is 1. The molecule has 0 aliphatic rings. The van der Waals surface area contributed by atoms with Crippen LogP contribution in [0.25, 0.3) is 0 Å². The summed E-state index contributed by atoms with van der Waals surface area (Å²) >= 11 is 0. The van der Waals surface area contributed by atoms with Gasteiger partial charge in [-0.3, -0.25) is 9.00 Å². The molecule has 0 radical (unpaired) electrons. The Hall–Kier alpha value is -1.64. The molecular weight excluding hydrogens is 262 g/mol. The minimum atomic E-state index is -0.954. The van der Waals surface area contributed by atoms with Crippen LogP contribution < -0.4 is 5.32 Å². The molecule has 1 aromatic rings. The van der Waals surface area contributed by atoms with E-state index in [1.54, 1.807) is 37.4 Å². The first-order chi connectivity index (χ1) is 9.04. The fourth-order valence-electron chi connectivity index (χ4n) is 1.62. The fourth-order valence-corrected chi connectivity index (χ4v) is 2.41. The first kappa shape index (κ1) is 15.4. The van der Waals surface area contributed by atoms with Gasteiger partial charge >= 0.3 is 0 Å². The van der Waals surface area contributed by atoms with Crippen molar-refractivity contribution < 1.29 is 14.1 Å². The monoisotopic (exact) mass is 279 g/mol. The van der Waals surface area contributed by atoms with Crippen molar-refractivity contribution in [2.45, 2.75) is 13.0 Å². The zero-order chi connectivity index (χ0) is 14.3. The molecule has 0 aliphatic carbocycles. The first-order valence-corrected chi connectivity index (χ1v) is 7.57. The van der Waals surface area contributed by atoms with E-state index in [1.165, 1.54) is 0 Å². The maximum absolute atomic E-state index is 12.1. The molecule has 2 N–H and O–H groups in total. The molecule has 0 fully saturated rings. The van der Waals surface area contributed by atoms with Crippen LogP contribution in [0, 0.1) is 11.8 Å². The second kappa shape index (κ2) is 7.72. The number of rotatable bonds is 4. The van der Waals surface area contributed by atoms with Crippen LogP contribution in [0.3, 0.4) is 0 Å². The number of amides is 1. The molecule has 2 atom stereocenters. The highest BCUT2D eigenvalue weighted by Crippen LogP contribution is 2.07. The number of nitrogens with one attached hydrogen (secondary N) is 1. The number of carbonyl (C=O) groups is 1. The highest BCUT2D eigenvalue weighted by Gasteiger charge is 2.13. The summed E-state index contributed by atoms with van der Waals surface area (Å²) in [6, 6.07) is 6.76. The van der Waals surface area contributed by atoms with Crippen LogP contribution in [0.4, 0.5) is 0 Å². The summed E-state index contributed by atoms with van der Waals surface area (Å²) in [5.41, 5.74) is 1.02. The minimum absolute atomic E-state index is 0.169. The van der Waals surface area contributed by atoms with Crippen LogP contribution in [0.15, 0.2) is 24.3 Å². The van der Waals surface area contributed by atoms with Gasteiger partial charge in [-0.05, 0) is 19.1 Å². The smallest absolute Gasteiger partial charge is 0.252 e. The number of hydrogen-bond acceptors (Lipinski definition) is 3. The average Bonchev–Trinajstić information content (AvgIpc) is 2.35. The highest BCUT2D eigenvalue weighted by atomic mass is 32.2. The third-order valence-corrected chi connectivity index (χ3v) is 3.31. The predicted octanol–water partition coefficient (Wildman–Crippen LogP) is 0.527. The van der Waals surface area contributed by atoms with E-state index in [0.29, 0.717) is 16.9 Å². The predicted molar refractivity (Wildman–Crippen MR) is 76.3 cm³/mol. The molecule has 1 rings (SSSR count). The molecule has 2 unspecified atom stereocenters. The lowest BCUT2D eigenvalue weighted by Crippen LogP contribution is -2.36. The second-order valence-electron chi connectivity index (χ2n) is 4.12. The Labute approximate surface area is 115 Å². The van der Waals surface area contributed by atoms with E-state index in [0.717, 1.165) is 0 Å². The van der Waals surface area contributed by atoms with Gasteiger partial charge in [-0.1, -0.05) is 24.0 Å². The van der Waals surface area contributed by atoms with Gasteiger partial charge in [0.25, 0.3) is 5.91 Å². The summed E-state index contributed by atoms with van der Waals surface area (Å²) < 4.78 is 11.1. The van der Waals surface area contributed by atoms with Gasteiger partial charge in [-0.2, -0.15) is 0 Å². The van der Waals surface area contributed by atoms with Gasteiger partial charge in [-0.15, -0.1) is 0 Å². The molecule has 102 valence electrons. The number of aliphatic hydroxyl groups is 1. The summed E-state index contributed by atoms with van der Waals surface area (Å²) in [5.74, 6) is 5.42. The second-order valence-corrected chi connectivity index (χ2v) is 5.60. The fraction of sp³-hybridized carbons (Fsp3) is 0.357. The van der Waals surface area contributed by atoms with Gasteiger partial charge < -0.3 is 10.4 Å². The van der Waals surface area contributed by atoms with Crippen LogP contribution in [0.1, 0.15) is 22.8 Å². The molecule has 0 spiro atoms. The van der Waals surface area contributed by atoms with Gasteiger partial charge in [-0.25, -0.2) is 0 Å². The first-order valence-electron chi connectivity index (χ1n) is 5.84. The van der Waals surface area contributed by atoms with E-state index >= 15 is 0 Å². The van der Waals surface area contributed by atoms with E-state index in [-0.39, 0.29) is 18.6 Å². The summed E-state index contributed by atoms with van der Waals surface area (Å²) in [6.07, 6.45) is 1.60. The van der Waals surface area contributed by atoms with Crippen LogP contribution in [0.5, 0.6) is 0 Å². The Morgan fingerprint density at radius 3 is 2.79 bits per heavy atom. The molecule has 1 amide bonds. The largest absolute Gasteiger partial charge is 0.384 e. The van der Waals surface area contributed by atoms with Crippen LogP contribution in [0.2, 0.25) is 0 Å². The number of benzene rings is 1. The van der Waals surface area contributed by atoms with Crippen molar-refractivity contribution in [2.24, 2.45) is 0 Å². The summed E-state index contributed by atoms with van der Waals surface area (Å²) in [4.78, 5) is 12.1. The summed E-state index contributed by atoms with van der Waals surface area (Å²) in [5, 5.41) is 11.5. The molecule has 19 heavy (non-hydrogen) atoms. The maximum Gasteiger partial charge on any atom is 0.252 e. The Balaban J connectivity index is 2.85. The lowest BCUT2D eigenvalue weighted by Gasteiger charge is -2.13. The normalized spacial score (nSPS) is 13.0. The molecule has 4 nitrogen and oxygen atoms in total. The number of hydrogen-bond donors (Lipinski definition) is 2. The molecule has 0 saturated carbocycles. The third-order valence-electron chi connectivity index (χ3n) is 2.34. The summed E-state index contributed by atoms with van der Waals surface area (Å²) in [6.45, 7) is 1.56. The molecule has 0 saturated heterocycles. The molecule has 0 bridgehead atoms. The van der Waals surface area contributed by atoms with Gasteiger partial charge in [0, 0.05) is 34.4 Å². The number of carbonyl (C=O) groups excluding carboxylic acids is 1. The zero-order valence-corrected chi connectivity index (χ0v) is 11.8. The van der Waals surface area contributed by atoms with Crippen molar-refractivity contribution in [1.29, 1.82) is 0 Å². The summed E-state index contributed by atoms with van der Waals surface area (Å²) in [7, 11) is -0.954. The topological polar surface area (TPSA) is 66.4 Å². The molecule has 0 aliphatic heterocycles. The van der Waals surface area contributed by atoms with Crippen molar-refractivity contribution in [2.75, 3.05) is 18.6 Å². The molecule has 1 aromatic carbocycles. The Morgan fingerprint density at radius 2 is 2.16 bits per heavy atom. The Bertz CT molecular complexity index is 531. The molecule has 5 heteroatoms. The SMILES string of the molecule is CC(CS(C)=O)NC(=O)c1ccccc1C#CCO. The van der Waals surface area contributed by atoms with Crippen molar-refractivity contribution in [3.63, 3.8) is 0 Å².